The second-order valence-electron chi connectivity index (χ2n) is 6.77. The van der Waals surface area contributed by atoms with Crippen molar-refractivity contribution in [2.45, 2.75) is 32.5 Å². The van der Waals surface area contributed by atoms with Crippen LogP contribution in [0.3, 0.4) is 0 Å². The molecule has 3 nitrogen and oxygen atoms in total. The number of carbonyl (C=O) groups is 1. The van der Waals surface area contributed by atoms with E-state index in [0.717, 1.165) is 17.7 Å². The van der Waals surface area contributed by atoms with Crippen LogP contribution in [0.4, 0.5) is 18.9 Å². The lowest BCUT2D eigenvalue weighted by Crippen LogP contribution is -2.17. The van der Waals surface area contributed by atoms with Crippen LogP contribution >= 0.6 is 0 Å². The van der Waals surface area contributed by atoms with Crippen LogP contribution in [0.1, 0.15) is 31.9 Å². The van der Waals surface area contributed by atoms with Gasteiger partial charge in [-0.15, -0.1) is 13.2 Å². The highest BCUT2D eigenvalue weighted by molar-refractivity contribution is 6.01. The standard InChI is InChI=1S/C20H20F3NO2/c1-19(2,3)15-7-4-14(5-8-15)6-13-18(25)24-16-9-11-17(12-10-16)26-20(21,22)23/h4-13H,1-3H3,(H,24,25)/b13-6+. The summed E-state index contributed by atoms with van der Waals surface area (Å²) in [5.74, 6) is -0.723. The smallest absolute Gasteiger partial charge is 0.406 e. The minimum Gasteiger partial charge on any atom is -0.406 e. The van der Waals surface area contributed by atoms with Crippen LogP contribution in [0.25, 0.3) is 6.08 Å². The molecule has 0 saturated heterocycles. The quantitative estimate of drug-likeness (QED) is 0.725. The maximum atomic E-state index is 12.1. The molecule has 6 heteroatoms. The van der Waals surface area contributed by atoms with Gasteiger partial charge in [0.15, 0.2) is 0 Å². The lowest BCUT2D eigenvalue weighted by Gasteiger charge is -2.18. The van der Waals surface area contributed by atoms with E-state index in [1.165, 1.54) is 23.8 Å². The van der Waals surface area contributed by atoms with E-state index in [4.69, 9.17) is 0 Å². The summed E-state index contributed by atoms with van der Waals surface area (Å²) in [6, 6.07) is 12.8. The van der Waals surface area contributed by atoms with Gasteiger partial charge in [-0.1, -0.05) is 45.0 Å². The fourth-order valence-corrected chi connectivity index (χ4v) is 2.19. The first-order valence-corrected chi connectivity index (χ1v) is 7.98. The van der Waals surface area contributed by atoms with Crippen LogP contribution in [0, 0.1) is 0 Å². The molecule has 2 rings (SSSR count). The Morgan fingerprint density at radius 1 is 0.962 bits per heavy atom. The van der Waals surface area contributed by atoms with Gasteiger partial charge in [-0.05, 0) is 46.9 Å². The molecule has 0 aromatic heterocycles. The molecule has 0 saturated carbocycles. The van der Waals surface area contributed by atoms with Crippen molar-refractivity contribution in [2.75, 3.05) is 5.32 Å². The molecule has 26 heavy (non-hydrogen) atoms. The van der Waals surface area contributed by atoms with Crippen LogP contribution in [0.2, 0.25) is 0 Å². The summed E-state index contributed by atoms with van der Waals surface area (Å²) < 4.78 is 40.1. The van der Waals surface area contributed by atoms with Crippen molar-refractivity contribution in [2.24, 2.45) is 0 Å². The molecule has 138 valence electrons. The highest BCUT2D eigenvalue weighted by Crippen LogP contribution is 2.24. The van der Waals surface area contributed by atoms with Crippen molar-refractivity contribution in [3.05, 3.63) is 65.7 Å². The third-order valence-electron chi connectivity index (χ3n) is 3.56. The number of amides is 1. The molecule has 0 fully saturated rings. The first-order chi connectivity index (χ1) is 12.0. The average molecular weight is 363 g/mol. The summed E-state index contributed by atoms with van der Waals surface area (Å²) in [7, 11) is 0. The second kappa shape index (κ2) is 7.64. The van der Waals surface area contributed by atoms with Gasteiger partial charge in [-0.25, -0.2) is 0 Å². The van der Waals surface area contributed by atoms with Crippen molar-refractivity contribution in [3.8, 4) is 5.75 Å². The molecule has 2 aromatic rings. The molecule has 1 N–H and O–H groups in total. The Labute approximate surface area is 150 Å². The molecule has 0 atom stereocenters. The molecule has 2 aromatic carbocycles. The summed E-state index contributed by atoms with van der Waals surface area (Å²) in [6.07, 6.45) is -1.70. The average Bonchev–Trinajstić information content (AvgIpc) is 2.53. The van der Waals surface area contributed by atoms with Gasteiger partial charge in [0, 0.05) is 11.8 Å². The molecule has 0 unspecified atom stereocenters. The van der Waals surface area contributed by atoms with Gasteiger partial charge < -0.3 is 10.1 Å². The molecular weight excluding hydrogens is 343 g/mol. The van der Waals surface area contributed by atoms with E-state index in [0.29, 0.717) is 5.69 Å². The van der Waals surface area contributed by atoms with E-state index < -0.39 is 6.36 Å². The fraction of sp³-hybridized carbons (Fsp3) is 0.250. The number of hydrogen-bond donors (Lipinski definition) is 1. The second-order valence-corrected chi connectivity index (χ2v) is 6.77. The van der Waals surface area contributed by atoms with Crippen molar-refractivity contribution in [1.29, 1.82) is 0 Å². The number of benzene rings is 2. The van der Waals surface area contributed by atoms with Gasteiger partial charge in [0.25, 0.3) is 0 Å². The van der Waals surface area contributed by atoms with Crippen LogP contribution in [-0.2, 0) is 10.2 Å². The Kier molecular flexibility index (Phi) is 5.75. The predicted molar refractivity (Wildman–Crippen MR) is 95.9 cm³/mol. The molecule has 0 aliphatic heterocycles. The van der Waals surface area contributed by atoms with Crippen molar-refractivity contribution < 1.29 is 22.7 Å². The summed E-state index contributed by atoms with van der Waals surface area (Å²) in [5.41, 5.74) is 2.50. The largest absolute Gasteiger partial charge is 0.573 e. The summed E-state index contributed by atoms with van der Waals surface area (Å²) in [6.45, 7) is 6.36. The summed E-state index contributed by atoms with van der Waals surface area (Å²) in [5, 5.41) is 2.58. The Balaban J connectivity index is 1.94. The number of carbonyl (C=O) groups excluding carboxylic acids is 1. The van der Waals surface area contributed by atoms with Crippen LogP contribution in [-0.4, -0.2) is 12.3 Å². The van der Waals surface area contributed by atoms with Crippen LogP contribution in [0.15, 0.2) is 54.6 Å². The topological polar surface area (TPSA) is 38.3 Å². The third kappa shape index (κ3) is 6.27. The number of halogens is 3. The Bertz CT molecular complexity index is 771. The van der Waals surface area contributed by atoms with Crippen LogP contribution < -0.4 is 10.1 Å². The zero-order valence-electron chi connectivity index (χ0n) is 14.7. The number of alkyl halides is 3. The first-order valence-electron chi connectivity index (χ1n) is 7.98. The van der Waals surface area contributed by atoms with Crippen molar-refractivity contribution in [3.63, 3.8) is 0 Å². The van der Waals surface area contributed by atoms with Gasteiger partial charge in [0.1, 0.15) is 5.75 Å². The number of hydrogen-bond acceptors (Lipinski definition) is 2. The fourth-order valence-electron chi connectivity index (χ4n) is 2.19. The third-order valence-corrected chi connectivity index (χ3v) is 3.56. The van der Waals surface area contributed by atoms with E-state index in [1.807, 2.05) is 24.3 Å². The normalized spacial score (nSPS) is 12.2. The van der Waals surface area contributed by atoms with Gasteiger partial charge >= 0.3 is 6.36 Å². The molecule has 0 aliphatic carbocycles. The van der Waals surface area contributed by atoms with Crippen LogP contribution in [0.5, 0.6) is 5.75 Å². The molecule has 1 amide bonds. The van der Waals surface area contributed by atoms with Gasteiger partial charge in [-0.2, -0.15) is 0 Å². The maximum absolute atomic E-state index is 12.1. The molecular formula is C20H20F3NO2. The molecule has 0 bridgehead atoms. The first kappa shape index (κ1) is 19.6. The minimum atomic E-state index is -4.74. The number of rotatable bonds is 4. The molecule has 0 aliphatic rings. The zero-order chi connectivity index (χ0) is 19.4. The van der Waals surface area contributed by atoms with Gasteiger partial charge in [0.05, 0.1) is 0 Å². The number of ether oxygens (including phenoxy) is 1. The number of anilines is 1. The highest BCUT2D eigenvalue weighted by Gasteiger charge is 2.30. The van der Waals surface area contributed by atoms with E-state index in [9.17, 15) is 18.0 Å². The van der Waals surface area contributed by atoms with Crippen molar-refractivity contribution in [1.82, 2.24) is 0 Å². The molecule has 0 radical (unpaired) electrons. The summed E-state index contributed by atoms with van der Waals surface area (Å²) >= 11 is 0. The van der Waals surface area contributed by atoms with Crippen molar-refractivity contribution >= 4 is 17.7 Å². The number of nitrogens with one attached hydrogen (secondary N) is 1. The van der Waals surface area contributed by atoms with E-state index in [-0.39, 0.29) is 17.1 Å². The Morgan fingerprint density at radius 3 is 2.04 bits per heavy atom. The van der Waals surface area contributed by atoms with Gasteiger partial charge in [0.2, 0.25) is 5.91 Å². The minimum absolute atomic E-state index is 0.0572. The Hall–Kier alpha value is -2.76. The zero-order valence-corrected chi connectivity index (χ0v) is 14.7. The van der Waals surface area contributed by atoms with E-state index in [2.05, 4.69) is 30.8 Å². The van der Waals surface area contributed by atoms with Gasteiger partial charge in [-0.3, -0.25) is 4.79 Å². The van der Waals surface area contributed by atoms with E-state index in [1.54, 1.807) is 6.08 Å². The monoisotopic (exact) mass is 363 g/mol. The summed E-state index contributed by atoms with van der Waals surface area (Å²) in [4.78, 5) is 11.9. The van der Waals surface area contributed by atoms with E-state index >= 15 is 0 Å². The predicted octanol–water partition coefficient (Wildman–Crippen LogP) is 5.53. The SMILES string of the molecule is CC(C)(C)c1ccc(/C=C/C(=O)Nc2ccc(OC(F)(F)F)cc2)cc1. The maximum Gasteiger partial charge on any atom is 0.573 e. The lowest BCUT2D eigenvalue weighted by molar-refractivity contribution is -0.274. The molecule has 0 heterocycles. The Morgan fingerprint density at radius 2 is 1.54 bits per heavy atom. The highest BCUT2D eigenvalue weighted by atomic mass is 19.4. The molecule has 0 spiro atoms. The lowest BCUT2D eigenvalue weighted by atomic mass is 9.87.